The third-order valence-electron chi connectivity index (χ3n) is 3.89. The van der Waals surface area contributed by atoms with E-state index in [2.05, 4.69) is 17.6 Å². The van der Waals surface area contributed by atoms with Gasteiger partial charge in [-0.05, 0) is 50.4 Å². The van der Waals surface area contributed by atoms with E-state index in [0.29, 0.717) is 23.4 Å². The molecule has 110 valence electrons. The molecule has 0 bridgehead atoms. The molecule has 1 saturated carbocycles. The zero-order valence-corrected chi connectivity index (χ0v) is 12.3. The van der Waals surface area contributed by atoms with Crippen LogP contribution in [0.4, 0.5) is 0 Å². The minimum Gasteiger partial charge on any atom is -0.497 e. The fourth-order valence-electron chi connectivity index (χ4n) is 2.76. The second-order valence-corrected chi connectivity index (χ2v) is 5.31. The first kappa shape index (κ1) is 14.9. The van der Waals surface area contributed by atoms with Crippen molar-refractivity contribution in [1.82, 2.24) is 10.6 Å². The number of amides is 1. The van der Waals surface area contributed by atoms with Crippen LogP contribution in [0.25, 0.3) is 0 Å². The van der Waals surface area contributed by atoms with Crippen LogP contribution in [0.2, 0.25) is 0 Å². The van der Waals surface area contributed by atoms with Gasteiger partial charge in [0.1, 0.15) is 5.75 Å². The molecule has 2 rings (SSSR count). The Morgan fingerprint density at radius 3 is 2.60 bits per heavy atom. The molecule has 0 radical (unpaired) electrons. The summed E-state index contributed by atoms with van der Waals surface area (Å²) in [5.41, 5.74) is 0.665. The van der Waals surface area contributed by atoms with Crippen LogP contribution >= 0.6 is 0 Å². The number of hydrogen-bond acceptors (Lipinski definition) is 3. The molecule has 4 heteroatoms. The predicted molar refractivity (Wildman–Crippen MR) is 80.2 cm³/mol. The minimum absolute atomic E-state index is 0.00389. The molecule has 0 atom stereocenters. The van der Waals surface area contributed by atoms with E-state index in [1.807, 2.05) is 18.2 Å². The molecule has 2 N–H and O–H groups in total. The zero-order chi connectivity index (χ0) is 14.4. The predicted octanol–water partition coefficient (Wildman–Crippen LogP) is 2.35. The Hall–Kier alpha value is -1.55. The molecule has 1 aromatic rings. The smallest absolute Gasteiger partial charge is 0.251 e. The van der Waals surface area contributed by atoms with Crippen LogP contribution in [0.1, 0.15) is 43.0 Å². The van der Waals surface area contributed by atoms with E-state index in [4.69, 9.17) is 4.74 Å². The summed E-state index contributed by atoms with van der Waals surface area (Å²) in [6.45, 7) is 3.15. The molecule has 20 heavy (non-hydrogen) atoms. The Morgan fingerprint density at radius 1 is 1.25 bits per heavy atom. The topological polar surface area (TPSA) is 50.4 Å². The van der Waals surface area contributed by atoms with E-state index in [1.54, 1.807) is 13.2 Å². The van der Waals surface area contributed by atoms with Crippen molar-refractivity contribution in [2.75, 3.05) is 13.7 Å². The Balaban J connectivity index is 1.86. The molecule has 1 aliphatic rings. The standard InChI is InChI=1S/C16H24N2O2/c1-3-17-13-7-9-14(10-8-13)18-16(19)12-5-4-6-15(11-12)20-2/h4-6,11,13-14,17H,3,7-10H2,1-2H3,(H,18,19). The number of benzene rings is 1. The third-order valence-corrected chi connectivity index (χ3v) is 3.89. The van der Waals surface area contributed by atoms with E-state index in [1.165, 1.54) is 0 Å². The fraction of sp³-hybridized carbons (Fsp3) is 0.562. The first-order valence-corrected chi connectivity index (χ1v) is 7.41. The van der Waals surface area contributed by atoms with E-state index in [-0.39, 0.29) is 5.91 Å². The second-order valence-electron chi connectivity index (χ2n) is 5.31. The van der Waals surface area contributed by atoms with Crippen molar-refractivity contribution < 1.29 is 9.53 Å². The second kappa shape index (κ2) is 7.29. The monoisotopic (exact) mass is 276 g/mol. The van der Waals surface area contributed by atoms with Gasteiger partial charge < -0.3 is 15.4 Å². The van der Waals surface area contributed by atoms with Gasteiger partial charge >= 0.3 is 0 Å². The van der Waals surface area contributed by atoms with Crippen LogP contribution < -0.4 is 15.4 Å². The summed E-state index contributed by atoms with van der Waals surface area (Å²) in [6.07, 6.45) is 4.37. The lowest BCUT2D eigenvalue weighted by Crippen LogP contribution is -2.42. The Kier molecular flexibility index (Phi) is 5.41. The Bertz CT molecular complexity index is 440. The lowest BCUT2D eigenvalue weighted by atomic mass is 9.91. The van der Waals surface area contributed by atoms with Crippen LogP contribution in [0.5, 0.6) is 5.75 Å². The zero-order valence-electron chi connectivity index (χ0n) is 12.3. The van der Waals surface area contributed by atoms with E-state index >= 15 is 0 Å². The Morgan fingerprint density at radius 2 is 1.95 bits per heavy atom. The van der Waals surface area contributed by atoms with Gasteiger partial charge in [-0.2, -0.15) is 0 Å². The van der Waals surface area contributed by atoms with Crippen molar-refractivity contribution in [2.45, 2.75) is 44.7 Å². The molecule has 1 amide bonds. The maximum atomic E-state index is 12.2. The van der Waals surface area contributed by atoms with Crippen LogP contribution in [-0.4, -0.2) is 31.6 Å². The number of ether oxygens (including phenoxy) is 1. The number of hydrogen-bond donors (Lipinski definition) is 2. The molecule has 1 fully saturated rings. The maximum Gasteiger partial charge on any atom is 0.251 e. The van der Waals surface area contributed by atoms with Crippen molar-refractivity contribution >= 4 is 5.91 Å². The summed E-state index contributed by atoms with van der Waals surface area (Å²) in [7, 11) is 1.61. The lowest BCUT2D eigenvalue weighted by molar-refractivity contribution is 0.0924. The molecule has 0 unspecified atom stereocenters. The van der Waals surface area contributed by atoms with Gasteiger partial charge in [0.25, 0.3) is 5.91 Å². The average molecular weight is 276 g/mol. The molecular formula is C16H24N2O2. The summed E-state index contributed by atoms with van der Waals surface area (Å²) in [4.78, 5) is 12.2. The molecule has 0 heterocycles. The third kappa shape index (κ3) is 3.97. The van der Waals surface area contributed by atoms with Gasteiger partial charge in [0.05, 0.1) is 7.11 Å². The van der Waals surface area contributed by atoms with Crippen molar-refractivity contribution in [3.8, 4) is 5.75 Å². The fourth-order valence-corrected chi connectivity index (χ4v) is 2.76. The number of methoxy groups -OCH3 is 1. The normalized spacial score (nSPS) is 22.3. The number of nitrogens with one attached hydrogen (secondary N) is 2. The molecule has 0 spiro atoms. The Labute approximate surface area is 120 Å². The summed E-state index contributed by atoms with van der Waals surface area (Å²) >= 11 is 0. The van der Waals surface area contributed by atoms with Gasteiger partial charge in [-0.15, -0.1) is 0 Å². The van der Waals surface area contributed by atoms with Crippen LogP contribution in [-0.2, 0) is 0 Å². The highest BCUT2D eigenvalue weighted by Crippen LogP contribution is 2.19. The van der Waals surface area contributed by atoms with Gasteiger partial charge in [0.2, 0.25) is 0 Å². The average Bonchev–Trinajstić information content (AvgIpc) is 2.49. The van der Waals surface area contributed by atoms with Crippen molar-refractivity contribution in [2.24, 2.45) is 0 Å². The van der Waals surface area contributed by atoms with Crippen LogP contribution in [0, 0.1) is 0 Å². The molecule has 0 saturated heterocycles. The highest BCUT2D eigenvalue weighted by molar-refractivity contribution is 5.94. The first-order chi connectivity index (χ1) is 9.72. The largest absolute Gasteiger partial charge is 0.497 e. The quantitative estimate of drug-likeness (QED) is 0.868. The van der Waals surface area contributed by atoms with Crippen LogP contribution in [0.15, 0.2) is 24.3 Å². The van der Waals surface area contributed by atoms with Gasteiger partial charge in [0.15, 0.2) is 0 Å². The highest BCUT2D eigenvalue weighted by Gasteiger charge is 2.22. The van der Waals surface area contributed by atoms with E-state index < -0.39 is 0 Å². The van der Waals surface area contributed by atoms with Gasteiger partial charge in [0, 0.05) is 17.6 Å². The number of carbonyl (C=O) groups is 1. The molecule has 0 aliphatic heterocycles. The SMILES string of the molecule is CCNC1CCC(NC(=O)c2cccc(OC)c2)CC1. The minimum atomic E-state index is -0.00389. The van der Waals surface area contributed by atoms with E-state index in [0.717, 1.165) is 32.2 Å². The lowest BCUT2D eigenvalue weighted by Gasteiger charge is -2.29. The van der Waals surface area contributed by atoms with Gasteiger partial charge in [-0.25, -0.2) is 0 Å². The summed E-state index contributed by atoms with van der Waals surface area (Å²) in [5, 5.41) is 6.60. The van der Waals surface area contributed by atoms with Gasteiger partial charge in [-0.3, -0.25) is 4.79 Å². The van der Waals surface area contributed by atoms with Crippen molar-refractivity contribution in [3.63, 3.8) is 0 Å². The summed E-state index contributed by atoms with van der Waals surface area (Å²) < 4.78 is 5.15. The molecule has 1 aromatic carbocycles. The first-order valence-electron chi connectivity index (χ1n) is 7.41. The van der Waals surface area contributed by atoms with Crippen LogP contribution in [0.3, 0.4) is 0 Å². The summed E-state index contributed by atoms with van der Waals surface area (Å²) in [5.74, 6) is 0.712. The summed E-state index contributed by atoms with van der Waals surface area (Å²) in [6, 6.07) is 8.20. The maximum absolute atomic E-state index is 12.2. The highest BCUT2D eigenvalue weighted by atomic mass is 16.5. The van der Waals surface area contributed by atoms with Crippen molar-refractivity contribution in [3.05, 3.63) is 29.8 Å². The molecule has 4 nitrogen and oxygen atoms in total. The van der Waals surface area contributed by atoms with Gasteiger partial charge in [-0.1, -0.05) is 13.0 Å². The molecule has 0 aromatic heterocycles. The van der Waals surface area contributed by atoms with Crippen molar-refractivity contribution in [1.29, 1.82) is 0 Å². The molecule has 1 aliphatic carbocycles. The van der Waals surface area contributed by atoms with E-state index in [9.17, 15) is 4.79 Å². The number of rotatable bonds is 5. The molecular weight excluding hydrogens is 252 g/mol. The number of carbonyl (C=O) groups excluding carboxylic acids is 1.